The second kappa shape index (κ2) is 13.8. The third-order valence-electron chi connectivity index (χ3n) is 5.34. The van der Waals surface area contributed by atoms with Crippen molar-refractivity contribution in [3.63, 3.8) is 0 Å². The van der Waals surface area contributed by atoms with E-state index < -0.39 is 42.0 Å². The van der Waals surface area contributed by atoms with E-state index in [1.165, 1.54) is 6.20 Å². The predicted octanol–water partition coefficient (Wildman–Crippen LogP) is 1.22. The first-order valence-electron chi connectivity index (χ1n) is 11.8. The highest BCUT2D eigenvalue weighted by Crippen LogP contribution is 2.36. The van der Waals surface area contributed by atoms with E-state index in [9.17, 15) is 13.2 Å². The average Bonchev–Trinajstić information content (AvgIpc) is 3.16. The molecule has 0 unspecified atom stereocenters. The first kappa shape index (κ1) is 28.9. The molecule has 2 aliphatic rings. The van der Waals surface area contributed by atoms with Crippen molar-refractivity contribution in [2.75, 3.05) is 71.3 Å². The summed E-state index contributed by atoms with van der Waals surface area (Å²) in [6.07, 6.45) is -4.08. The zero-order valence-corrected chi connectivity index (χ0v) is 20.5. The van der Waals surface area contributed by atoms with E-state index in [2.05, 4.69) is 15.3 Å². The lowest BCUT2D eigenvalue weighted by Gasteiger charge is -2.37. The second-order valence-corrected chi connectivity index (χ2v) is 8.68. The number of fused-ring (bicyclic) bond motifs is 1. The number of hydrogen-bond donors (Lipinski definition) is 2. The standard InChI is InChI=1S/C22H35F3N4O7/c1-21(2)35-19-15(28-18-12-27-11-17(29-18)22(23,24)25)13-34-16(20(19)36-21)14-33-10-9-32-8-7-31-6-5-30-4-3-26/h11-12,15-16,19-20H,3-10,13-14,26H2,1-2H3,(H,28,29)/t15-,16+,19+,20-/m0/s1. The van der Waals surface area contributed by atoms with Crippen LogP contribution in [0.3, 0.4) is 0 Å². The van der Waals surface area contributed by atoms with Crippen LogP contribution in [0.5, 0.6) is 0 Å². The topological polar surface area (TPSA) is 128 Å². The maximum absolute atomic E-state index is 13.0. The number of nitrogens with two attached hydrogens (primary N) is 1. The molecule has 11 nitrogen and oxygen atoms in total. The summed E-state index contributed by atoms with van der Waals surface area (Å²) in [6.45, 7) is 7.54. The zero-order valence-electron chi connectivity index (χ0n) is 20.5. The van der Waals surface area contributed by atoms with E-state index in [1.54, 1.807) is 13.8 Å². The molecule has 3 N–H and O–H groups in total. The zero-order chi connectivity index (χ0) is 26.0. The summed E-state index contributed by atoms with van der Waals surface area (Å²) < 4.78 is 78.7. The van der Waals surface area contributed by atoms with Crippen molar-refractivity contribution in [1.29, 1.82) is 0 Å². The Hall–Kier alpha value is -1.65. The van der Waals surface area contributed by atoms with Crippen LogP contribution in [0.1, 0.15) is 19.5 Å². The fourth-order valence-corrected chi connectivity index (χ4v) is 3.80. The van der Waals surface area contributed by atoms with Crippen LogP contribution in [0.15, 0.2) is 12.4 Å². The highest BCUT2D eigenvalue weighted by molar-refractivity contribution is 5.35. The van der Waals surface area contributed by atoms with Gasteiger partial charge in [0.15, 0.2) is 11.5 Å². The van der Waals surface area contributed by atoms with Crippen LogP contribution >= 0.6 is 0 Å². The summed E-state index contributed by atoms with van der Waals surface area (Å²) >= 11 is 0. The molecule has 1 aromatic heterocycles. The van der Waals surface area contributed by atoms with Crippen LogP contribution in [0.4, 0.5) is 19.0 Å². The van der Waals surface area contributed by atoms with Crippen molar-refractivity contribution in [3.8, 4) is 0 Å². The van der Waals surface area contributed by atoms with Gasteiger partial charge in [0.1, 0.15) is 24.1 Å². The van der Waals surface area contributed by atoms with Crippen LogP contribution in [-0.2, 0) is 39.3 Å². The summed E-state index contributed by atoms with van der Waals surface area (Å²) in [5.41, 5.74) is 4.25. The highest BCUT2D eigenvalue weighted by Gasteiger charge is 2.52. The Balaban J connectivity index is 1.39. The number of rotatable bonds is 15. The lowest BCUT2D eigenvalue weighted by atomic mass is 9.98. The normalized spacial score (nSPS) is 25.6. The van der Waals surface area contributed by atoms with Gasteiger partial charge in [0, 0.05) is 6.54 Å². The maximum Gasteiger partial charge on any atom is 0.434 e. The van der Waals surface area contributed by atoms with Gasteiger partial charge in [-0.2, -0.15) is 13.2 Å². The van der Waals surface area contributed by atoms with Gasteiger partial charge in [-0.3, -0.25) is 4.98 Å². The quantitative estimate of drug-likeness (QED) is 0.321. The third kappa shape index (κ3) is 9.03. The van der Waals surface area contributed by atoms with Crippen molar-refractivity contribution < 1.29 is 46.3 Å². The van der Waals surface area contributed by atoms with Gasteiger partial charge >= 0.3 is 6.18 Å². The van der Waals surface area contributed by atoms with Crippen molar-refractivity contribution in [3.05, 3.63) is 18.1 Å². The van der Waals surface area contributed by atoms with Crippen LogP contribution in [-0.4, -0.2) is 106 Å². The minimum absolute atomic E-state index is 0.0237. The van der Waals surface area contributed by atoms with Gasteiger partial charge in [0.25, 0.3) is 0 Å². The number of hydrogen-bond acceptors (Lipinski definition) is 11. The smallest absolute Gasteiger partial charge is 0.378 e. The van der Waals surface area contributed by atoms with Gasteiger partial charge in [0.05, 0.1) is 77.9 Å². The van der Waals surface area contributed by atoms with Crippen molar-refractivity contribution in [2.24, 2.45) is 5.73 Å². The molecule has 2 fully saturated rings. The number of halogens is 3. The summed E-state index contributed by atoms with van der Waals surface area (Å²) in [4.78, 5) is 7.25. The molecule has 2 aliphatic heterocycles. The van der Waals surface area contributed by atoms with Crippen molar-refractivity contribution in [2.45, 2.75) is 50.2 Å². The van der Waals surface area contributed by atoms with E-state index in [0.29, 0.717) is 59.0 Å². The minimum Gasteiger partial charge on any atom is -0.378 e. The maximum atomic E-state index is 13.0. The molecule has 0 amide bonds. The molecule has 3 heterocycles. The average molecular weight is 525 g/mol. The fraction of sp³-hybridized carbons (Fsp3) is 0.818. The molecule has 0 saturated carbocycles. The third-order valence-corrected chi connectivity index (χ3v) is 5.34. The Morgan fingerprint density at radius 2 is 1.58 bits per heavy atom. The molecule has 206 valence electrons. The van der Waals surface area contributed by atoms with Gasteiger partial charge in [-0.1, -0.05) is 0 Å². The molecule has 1 aromatic rings. The number of anilines is 1. The van der Waals surface area contributed by atoms with Gasteiger partial charge in [-0.15, -0.1) is 0 Å². The Bertz CT molecular complexity index is 790. The van der Waals surface area contributed by atoms with E-state index >= 15 is 0 Å². The first-order valence-corrected chi connectivity index (χ1v) is 11.8. The molecule has 36 heavy (non-hydrogen) atoms. The van der Waals surface area contributed by atoms with Crippen molar-refractivity contribution >= 4 is 5.82 Å². The SMILES string of the molecule is CC1(C)O[C@@H]2[C@H](O1)[C@@H](Nc1cncc(C(F)(F)F)n1)CO[C@@H]2COCCOCCOCCOCCN. The molecule has 0 aliphatic carbocycles. The fourth-order valence-electron chi connectivity index (χ4n) is 3.80. The van der Waals surface area contributed by atoms with Crippen LogP contribution in [0.2, 0.25) is 0 Å². The van der Waals surface area contributed by atoms with Crippen LogP contribution < -0.4 is 11.1 Å². The van der Waals surface area contributed by atoms with Crippen LogP contribution in [0, 0.1) is 0 Å². The molecule has 0 spiro atoms. The Kier molecular flexibility index (Phi) is 11.1. The molecule has 0 radical (unpaired) electrons. The molecular formula is C22H35F3N4O7. The number of nitrogens with zero attached hydrogens (tertiary/aromatic N) is 2. The monoisotopic (exact) mass is 524 g/mol. The first-order chi connectivity index (χ1) is 17.2. The summed E-state index contributed by atoms with van der Waals surface area (Å²) in [5, 5.41) is 2.95. The van der Waals surface area contributed by atoms with Crippen LogP contribution in [0.25, 0.3) is 0 Å². The molecule has 3 rings (SSSR count). The number of alkyl halides is 3. The molecule has 0 aromatic carbocycles. The molecule has 0 bridgehead atoms. The molecular weight excluding hydrogens is 489 g/mol. The summed E-state index contributed by atoms with van der Waals surface area (Å²) in [6, 6.07) is -0.491. The number of aromatic nitrogens is 2. The minimum atomic E-state index is -4.59. The largest absolute Gasteiger partial charge is 0.434 e. The van der Waals surface area contributed by atoms with E-state index in [4.69, 9.17) is 38.9 Å². The van der Waals surface area contributed by atoms with E-state index in [1.807, 2.05) is 0 Å². The Morgan fingerprint density at radius 3 is 2.22 bits per heavy atom. The van der Waals surface area contributed by atoms with Gasteiger partial charge in [0.2, 0.25) is 0 Å². The number of nitrogens with one attached hydrogen (secondary N) is 1. The van der Waals surface area contributed by atoms with Gasteiger partial charge < -0.3 is 44.2 Å². The Morgan fingerprint density at radius 1 is 0.972 bits per heavy atom. The highest BCUT2D eigenvalue weighted by atomic mass is 19.4. The summed E-state index contributed by atoms with van der Waals surface area (Å²) in [5.74, 6) is -0.913. The lowest BCUT2D eigenvalue weighted by molar-refractivity contribution is -0.160. The van der Waals surface area contributed by atoms with Gasteiger partial charge in [-0.05, 0) is 13.8 Å². The van der Waals surface area contributed by atoms with E-state index in [0.717, 1.165) is 0 Å². The second-order valence-electron chi connectivity index (χ2n) is 8.68. The Labute approximate surface area is 208 Å². The van der Waals surface area contributed by atoms with Gasteiger partial charge in [-0.25, -0.2) is 4.98 Å². The number of ether oxygens (including phenoxy) is 7. The lowest BCUT2D eigenvalue weighted by Crippen LogP contribution is -2.55. The van der Waals surface area contributed by atoms with Crippen molar-refractivity contribution in [1.82, 2.24) is 9.97 Å². The predicted molar refractivity (Wildman–Crippen MR) is 120 cm³/mol. The van der Waals surface area contributed by atoms with E-state index in [-0.39, 0.29) is 19.0 Å². The molecule has 2 saturated heterocycles. The molecule has 14 heteroatoms. The summed E-state index contributed by atoms with van der Waals surface area (Å²) in [7, 11) is 0. The molecule has 4 atom stereocenters.